The Morgan fingerprint density at radius 1 is 1.12 bits per heavy atom. The molecule has 0 spiro atoms. The molecule has 2 saturated carbocycles. The summed E-state index contributed by atoms with van der Waals surface area (Å²) in [6.45, 7) is 2.27. The number of H-pyrrole nitrogens is 1. The number of piperidine rings is 1. The summed E-state index contributed by atoms with van der Waals surface area (Å²) in [4.78, 5) is 21.0. The van der Waals surface area contributed by atoms with Crippen molar-refractivity contribution >= 4 is 27.8 Å². The van der Waals surface area contributed by atoms with E-state index >= 15 is 0 Å². The van der Waals surface area contributed by atoms with Gasteiger partial charge < -0.3 is 24.5 Å². The highest BCUT2D eigenvalue weighted by Crippen LogP contribution is 2.40. The van der Waals surface area contributed by atoms with Gasteiger partial charge in [0.1, 0.15) is 11.3 Å². The number of para-hydroxylation sites is 1. The van der Waals surface area contributed by atoms with Gasteiger partial charge in [0.2, 0.25) is 0 Å². The number of hydrogen-bond donors (Lipinski definition) is 2. The fraction of sp³-hybridized carbons (Fsp3) is 0.387. The van der Waals surface area contributed by atoms with E-state index in [0.29, 0.717) is 29.7 Å². The molecule has 9 heteroatoms. The quantitative estimate of drug-likeness (QED) is 0.321. The standard InChI is InChI=1S/C31H33N7O2/c1-40-27-12-22(31(39)37-17-21-8-9-25(37)28(21)32)10-23-29(27)38(16-19-13-33-34-14-19)30(35-23)26-11-20-4-2-3-5-24(20)36(26)15-18-6-7-18/h2-5,10-14,18,21,25,28H,6-9,15-17,32H2,1H3,(H,33,34)/t21?,25?,28-/m1/s1. The van der Waals surface area contributed by atoms with Gasteiger partial charge in [-0.05, 0) is 61.8 Å². The summed E-state index contributed by atoms with van der Waals surface area (Å²) in [5, 5.41) is 8.31. The third kappa shape index (κ3) is 3.67. The SMILES string of the molecule is COc1cc(C(=O)N2CC3CCC2[C@@H]3N)cc2nc(-c3cc4ccccc4n3CC3CC3)n(Cc3cn[nH]c3)c12. The van der Waals surface area contributed by atoms with Crippen LogP contribution in [0.4, 0.5) is 0 Å². The number of nitrogens with one attached hydrogen (secondary N) is 1. The van der Waals surface area contributed by atoms with Gasteiger partial charge in [-0.2, -0.15) is 5.10 Å². The van der Waals surface area contributed by atoms with E-state index in [9.17, 15) is 4.79 Å². The number of imidazole rings is 1. The molecule has 0 radical (unpaired) electrons. The Kier molecular flexibility index (Phi) is 5.32. The van der Waals surface area contributed by atoms with Crippen LogP contribution in [0.3, 0.4) is 0 Å². The first-order valence-electron chi connectivity index (χ1n) is 14.3. The molecule has 2 aromatic carbocycles. The van der Waals surface area contributed by atoms with Crippen molar-refractivity contribution < 1.29 is 9.53 Å². The molecular weight excluding hydrogens is 502 g/mol. The summed E-state index contributed by atoms with van der Waals surface area (Å²) in [6, 6.07) is 14.8. The number of methoxy groups -OCH3 is 1. The molecule has 3 N–H and O–H groups in total. The summed E-state index contributed by atoms with van der Waals surface area (Å²) < 4.78 is 10.6. The summed E-state index contributed by atoms with van der Waals surface area (Å²) >= 11 is 0. The predicted octanol–water partition coefficient (Wildman–Crippen LogP) is 4.41. The van der Waals surface area contributed by atoms with Crippen molar-refractivity contribution in [3.63, 3.8) is 0 Å². The van der Waals surface area contributed by atoms with Crippen LogP contribution in [0.5, 0.6) is 5.75 Å². The molecule has 3 fully saturated rings. The monoisotopic (exact) mass is 535 g/mol. The van der Waals surface area contributed by atoms with E-state index in [0.717, 1.165) is 54.0 Å². The lowest BCUT2D eigenvalue weighted by Gasteiger charge is -2.27. The van der Waals surface area contributed by atoms with E-state index in [1.54, 1.807) is 7.11 Å². The van der Waals surface area contributed by atoms with Crippen molar-refractivity contribution in [2.45, 2.75) is 50.9 Å². The van der Waals surface area contributed by atoms with Gasteiger partial charge in [-0.25, -0.2) is 4.98 Å². The lowest BCUT2D eigenvalue weighted by molar-refractivity contribution is 0.0700. The van der Waals surface area contributed by atoms with Gasteiger partial charge >= 0.3 is 0 Å². The van der Waals surface area contributed by atoms with Crippen LogP contribution < -0.4 is 10.5 Å². The molecule has 1 amide bonds. The van der Waals surface area contributed by atoms with Gasteiger partial charge in [-0.3, -0.25) is 9.89 Å². The second-order valence-electron chi connectivity index (χ2n) is 11.8. The molecule has 3 atom stereocenters. The van der Waals surface area contributed by atoms with Gasteiger partial charge in [0.15, 0.2) is 5.82 Å². The number of nitrogens with zero attached hydrogens (tertiary/aromatic N) is 5. The van der Waals surface area contributed by atoms with E-state index in [1.807, 2.05) is 29.4 Å². The number of aromatic nitrogens is 5. The molecule has 2 unspecified atom stereocenters. The Hall–Kier alpha value is -4.11. The Morgan fingerprint density at radius 3 is 2.73 bits per heavy atom. The molecule has 8 rings (SSSR count). The van der Waals surface area contributed by atoms with Crippen molar-refractivity contribution in [1.29, 1.82) is 0 Å². The van der Waals surface area contributed by atoms with Crippen LogP contribution in [-0.2, 0) is 13.1 Å². The van der Waals surface area contributed by atoms with E-state index in [2.05, 4.69) is 49.7 Å². The van der Waals surface area contributed by atoms with Crippen LogP contribution in [0.25, 0.3) is 33.5 Å². The molecule has 3 aliphatic rings. The zero-order valence-electron chi connectivity index (χ0n) is 22.6. The van der Waals surface area contributed by atoms with Gasteiger partial charge in [0.25, 0.3) is 5.91 Å². The first-order chi connectivity index (χ1) is 19.6. The first kappa shape index (κ1) is 23.7. The molecular formula is C31H33N7O2. The van der Waals surface area contributed by atoms with Crippen LogP contribution in [0, 0.1) is 11.8 Å². The summed E-state index contributed by atoms with van der Waals surface area (Å²) in [7, 11) is 1.66. The van der Waals surface area contributed by atoms with Crippen LogP contribution in [0.2, 0.25) is 0 Å². The maximum absolute atomic E-state index is 13.8. The number of ether oxygens (including phenoxy) is 1. The fourth-order valence-electron chi connectivity index (χ4n) is 7.00. The average Bonchev–Trinajstić information content (AvgIpc) is 3.34. The number of nitrogens with two attached hydrogens (primary N) is 1. The Labute approximate surface area is 231 Å². The number of aromatic amines is 1. The Bertz CT molecular complexity index is 1750. The van der Waals surface area contributed by atoms with Crippen LogP contribution in [-0.4, -0.2) is 60.9 Å². The second-order valence-corrected chi connectivity index (χ2v) is 11.8. The minimum absolute atomic E-state index is 0.0108. The zero-order valence-corrected chi connectivity index (χ0v) is 22.6. The molecule has 2 aliphatic carbocycles. The first-order valence-corrected chi connectivity index (χ1v) is 14.3. The number of fused-ring (bicyclic) bond motifs is 4. The predicted molar refractivity (Wildman–Crippen MR) is 153 cm³/mol. The third-order valence-electron chi connectivity index (χ3n) is 9.26. The highest BCUT2D eigenvalue weighted by molar-refractivity contribution is 6.00. The van der Waals surface area contributed by atoms with E-state index in [4.69, 9.17) is 15.5 Å². The van der Waals surface area contributed by atoms with Crippen molar-refractivity contribution in [2.24, 2.45) is 17.6 Å². The molecule has 4 heterocycles. The molecule has 3 aromatic heterocycles. The summed E-state index contributed by atoms with van der Waals surface area (Å²) in [5.74, 6) is 2.60. The number of likely N-dealkylation sites (tertiary alicyclic amines) is 1. The molecule has 2 bridgehead atoms. The number of carbonyl (C=O) groups is 1. The smallest absolute Gasteiger partial charge is 0.254 e. The van der Waals surface area contributed by atoms with Gasteiger partial charge in [-0.15, -0.1) is 0 Å². The fourth-order valence-corrected chi connectivity index (χ4v) is 7.00. The van der Waals surface area contributed by atoms with Gasteiger partial charge in [-0.1, -0.05) is 18.2 Å². The number of rotatable bonds is 7. The maximum Gasteiger partial charge on any atom is 0.254 e. The molecule has 204 valence electrons. The lowest BCUT2D eigenvalue weighted by atomic mass is 10.1. The van der Waals surface area contributed by atoms with Crippen molar-refractivity contribution in [3.05, 3.63) is 66.0 Å². The highest BCUT2D eigenvalue weighted by atomic mass is 16.5. The minimum atomic E-state index is 0.0108. The van der Waals surface area contributed by atoms with E-state index < -0.39 is 0 Å². The lowest BCUT2D eigenvalue weighted by Crippen LogP contribution is -2.41. The van der Waals surface area contributed by atoms with E-state index in [-0.39, 0.29) is 18.0 Å². The zero-order chi connectivity index (χ0) is 27.0. The Morgan fingerprint density at radius 2 is 2.00 bits per heavy atom. The summed E-state index contributed by atoms with van der Waals surface area (Å²) in [5.41, 5.74) is 12.0. The second kappa shape index (κ2) is 8.96. The number of hydrogen-bond acceptors (Lipinski definition) is 5. The molecule has 1 saturated heterocycles. The number of amides is 1. The number of carbonyl (C=O) groups excluding carboxylic acids is 1. The third-order valence-corrected chi connectivity index (χ3v) is 9.26. The average molecular weight is 536 g/mol. The van der Waals surface area contributed by atoms with Crippen LogP contribution in [0.15, 0.2) is 54.9 Å². The molecule has 1 aliphatic heterocycles. The van der Waals surface area contributed by atoms with Crippen LogP contribution >= 0.6 is 0 Å². The highest BCUT2D eigenvalue weighted by Gasteiger charge is 2.47. The van der Waals surface area contributed by atoms with Crippen molar-refractivity contribution in [3.8, 4) is 17.3 Å². The molecule has 9 nitrogen and oxygen atoms in total. The van der Waals surface area contributed by atoms with Gasteiger partial charge in [0, 0.05) is 53.4 Å². The van der Waals surface area contributed by atoms with Crippen molar-refractivity contribution in [2.75, 3.05) is 13.7 Å². The molecule has 40 heavy (non-hydrogen) atoms. The largest absolute Gasteiger partial charge is 0.494 e. The van der Waals surface area contributed by atoms with Gasteiger partial charge in [0.05, 0.1) is 31.1 Å². The van der Waals surface area contributed by atoms with Crippen molar-refractivity contribution in [1.82, 2.24) is 29.2 Å². The summed E-state index contributed by atoms with van der Waals surface area (Å²) in [6.07, 6.45) is 8.36. The van der Waals surface area contributed by atoms with E-state index in [1.165, 1.54) is 23.7 Å². The topological polar surface area (TPSA) is 107 Å². The maximum atomic E-state index is 13.8. The Balaban J connectivity index is 1.31. The number of benzene rings is 2. The molecule has 5 aromatic rings. The normalized spacial score (nSPS) is 22.1. The van der Waals surface area contributed by atoms with Crippen LogP contribution in [0.1, 0.15) is 41.6 Å². The minimum Gasteiger partial charge on any atom is -0.494 e.